The number of rotatable bonds is 6. The average Bonchev–Trinajstić information content (AvgIpc) is 2.35. The van der Waals surface area contributed by atoms with Gasteiger partial charge in [0, 0.05) is 12.1 Å². The van der Waals surface area contributed by atoms with Crippen molar-refractivity contribution in [1.29, 1.82) is 0 Å². The molecule has 1 unspecified atom stereocenters. The topological polar surface area (TPSA) is 84.3 Å². The Balaban J connectivity index is 2.66. The molecular weight excluding hydrogens is 253 g/mol. The van der Waals surface area contributed by atoms with Crippen LogP contribution >= 0.6 is 0 Å². The zero-order chi connectivity index (χ0) is 14.4. The van der Waals surface area contributed by atoms with Crippen LogP contribution in [0.15, 0.2) is 18.2 Å². The van der Waals surface area contributed by atoms with E-state index < -0.39 is 16.4 Å². The van der Waals surface area contributed by atoms with E-state index in [9.17, 15) is 19.3 Å². The fraction of sp³-hybridized carbons (Fsp3) is 0.417. The Morgan fingerprint density at radius 3 is 2.74 bits per heavy atom. The van der Waals surface area contributed by atoms with Crippen LogP contribution < -0.4 is 10.6 Å². The average molecular weight is 269 g/mol. The van der Waals surface area contributed by atoms with Gasteiger partial charge in [-0.3, -0.25) is 14.9 Å². The van der Waals surface area contributed by atoms with Crippen molar-refractivity contribution < 1.29 is 14.1 Å². The van der Waals surface area contributed by atoms with E-state index in [0.717, 1.165) is 24.6 Å². The smallest absolute Gasteiger partial charge is 0.274 e. The zero-order valence-electron chi connectivity index (χ0n) is 10.8. The molecule has 1 aromatic carbocycles. The monoisotopic (exact) mass is 269 g/mol. The first-order valence-corrected chi connectivity index (χ1v) is 5.90. The quantitative estimate of drug-likeness (QED) is 0.611. The Hall–Kier alpha value is -2.02. The summed E-state index contributed by atoms with van der Waals surface area (Å²) in [5.74, 6) is -1.14. The number of nitrogens with one attached hydrogen (secondary N) is 2. The summed E-state index contributed by atoms with van der Waals surface area (Å²) in [6.07, 6.45) is 0.874. The lowest BCUT2D eigenvalue weighted by atomic mass is 10.2. The van der Waals surface area contributed by atoms with E-state index in [1.54, 1.807) is 0 Å². The van der Waals surface area contributed by atoms with Gasteiger partial charge in [0.15, 0.2) is 0 Å². The van der Waals surface area contributed by atoms with Crippen molar-refractivity contribution in [3.8, 4) is 0 Å². The molecule has 0 saturated heterocycles. The molecule has 6 nitrogen and oxygen atoms in total. The van der Waals surface area contributed by atoms with Crippen molar-refractivity contribution in [3.63, 3.8) is 0 Å². The lowest BCUT2D eigenvalue weighted by molar-refractivity contribution is -0.385. The fourth-order valence-corrected chi connectivity index (χ4v) is 1.37. The highest BCUT2D eigenvalue weighted by atomic mass is 19.1. The van der Waals surface area contributed by atoms with Crippen molar-refractivity contribution in [2.24, 2.45) is 0 Å². The summed E-state index contributed by atoms with van der Waals surface area (Å²) in [6, 6.07) is 3.14. The number of carbonyl (C=O) groups excluding carboxylic acids is 1. The fourth-order valence-electron chi connectivity index (χ4n) is 1.37. The minimum absolute atomic E-state index is 0.0688. The molecule has 0 heterocycles. The van der Waals surface area contributed by atoms with Gasteiger partial charge in [0.1, 0.15) is 5.82 Å². The van der Waals surface area contributed by atoms with E-state index in [4.69, 9.17) is 0 Å². The van der Waals surface area contributed by atoms with Crippen LogP contribution in [-0.4, -0.2) is 23.4 Å². The summed E-state index contributed by atoms with van der Waals surface area (Å²) in [4.78, 5) is 21.4. The second-order valence-corrected chi connectivity index (χ2v) is 4.19. The SMILES string of the molecule is CCC(C)NCC(=O)Nc1cc(F)cc([N+](=O)[O-])c1. The molecule has 1 aromatic rings. The molecule has 0 saturated carbocycles. The molecule has 1 amide bonds. The number of amides is 1. The van der Waals surface area contributed by atoms with Gasteiger partial charge in [0.2, 0.25) is 5.91 Å². The van der Waals surface area contributed by atoms with E-state index in [2.05, 4.69) is 10.6 Å². The van der Waals surface area contributed by atoms with E-state index >= 15 is 0 Å². The zero-order valence-corrected chi connectivity index (χ0v) is 10.8. The van der Waals surface area contributed by atoms with E-state index in [1.807, 2.05) is 13.8 Å². The minimum Gasteiger partial charge on any atom is -0.325 e. The molecule has 0 aliphatic rings. The molecule has 0 aliphatic heterocycles. The van der Waals surface area contributed by atoms with E-state index in [-0.39, 0.29) is 24.2 Å². The Kier molecular flexibility index (Phi) is 5.37. The third-order valence-electron chi connectivity index (χ3n) is 2.60. The van der Waals surface area contributed by atoms with Gasteiger partial charge in [-0.1, -0.05) is 6.92 Å². The highest BCUT2D eigenvalue weighted by Crippen LogP contribution is 2.19. The molecule has 0 aromatic heterocycles. The summed E-state index contributed by atoms with van der Waals surface area (Å²) in [6.45, 7) is 3.98. The lowest BCUT2D eigenvalue weighted by Crippen LogP contribution is -2.33. The van der Waals surface area contributed by atoms with Crippen LogP contribution in [-0.2, 0) is 4.79 Å². The predicted octanol–water partition coefficient (Wildman–Crippen LogP) is 2.06. The van der Waals surface area contributed by atoms with Crippen LogP contribution in [0.1, 0.15) is 20.3 Å². The van der Waals surface area contributed by atoms with Gasteiger partial charge < -0.3 is 10.6 Å². The summed E-state index contributed by atoms with van der Waals surface area (Å²) < 4.78 is 13.1. The summed E-state index contributed by atoms with van der Waals surface area (Å²) in [5, 5.41) is 15.9. The van der Waals surface area contributed by atoms with Crippen LogP contribution in [0.25, 0.3) is 0 Å². The van der Waals surface area contributed by atoms with E-state index in [0.29, 0.717) is 0 Å². The minimum atomic E-state index is -0.764. The molecule has 0 fully saturated rings. The van der Waals surface area contributed by atoms with Crippen molar-refractivity contribution in [2.45, 2.75) is 26.3 Å². The Bertz CT molecular complexity index is 479. The van der Waals surface area contributed by atoms with Gasteiger partial charge in [-0.15, -0.1) is 0 Å². The van der Waals surface area contributed by atoms with Gasteiger partial charge in [-0.2, -0.15) is 0 Å². The number of nitro benzene ring substituents is 1. The number of nitro groups is 1. The van der Waals surface area contributed by atoms with Crippen molar-refractivity contribution >= 4 is 17.3 Å². The first-order valence-electron chi connectivity index (χ1n) is 5.90. The molecule has 0 spiro atoms. The number of carbonyl (C=O) groups is 1. The molecule has 19 heavy (non-hydrogen) atoms. The summed E-state index contributed by atoms with van der Waals surface area (Å²) >= 11 is 0. The molecule has 7 heteroatoms. The first kappa shape index (κ1) is 15.0. The highest BCUT2D eigenvalue weighted by molar-refractivity contribution is 5.92. The van der Waals surface area contributed by atoms with Gasteiger partial charge >= 0.3 is 0 Å². The molecule has 2 N–H and O–H groups in total. The largest absolute Gasteiger partial charge is 0.325 e. The Morgan fingerprint density at radius 2 is 2.16 bits per heavy atom. The van der Waals surface area contributed by atoms with Gasteiger partial charge in [-0.25, -0.2) is 4.39 Å². The third-order valence-corrected chi connectivity index (χ3v) is 2.60. The molecule has 1 atom stereocenters. The summed E-state index contributed by atoms with van der Waals surface area (Å²) in [5.41, 5.74) is -0.326. The molecular formula is C12H16FN3O3. The molecule has 0 radical (unpaired) electrons. The van der Waals surface area contributed by atoms with Crippen LogP contribution in [0.4, 0.5) is 15.8 Å². The molecule has 104 valence electrons. The second-order valence-electron chi connectivity index (χ2n) is 4.19. The molecule has 1 rings (SSSR count). The van der Waals surface area contributed by atoms with Gasteiger partial charge in [0.25, 0.3) is 5.69 Å². The summed E-state index contributed by atoms with van der Waals surface area (Å²) in [7, 11) is 0. The van der Waals surface area contributed by atoms with Crippen molar-refractivity contribution in [1.82, 2.24) is 5.32 Å². The number of nitrogens with zero attached hydrogens (tertiary/aromatic N) is 1. The lowest BCUT2D eigenvalue weighted by Gasteiger charge is -2.11. The number of halogens is 1. The molecule has 0 aliphatic carbocycles. The third kappa shape index (κ3) is 5.01. The first-order chi connectivity index (χ1) is 8.92. The van der Waals surface area contributed by atoms with Gasteiger partial charge in [0.05, 0.1) is 23.2 Å². The van der Waals surface area contributed by atoms with Crippen molar-refractivity contribution in [3.05, 3.63) is 34.1 Å². The van der Waals surface area contributed by atoms with Crippen LogP contribution in [0.2, 0.25) is 0 Å². The maximum Gasteiger partial charge on any atom is 0.274 e. The normalized spacial score (nSPS) is 11.9. The van der Waals surface area contributed by atoms with Crippen LogP contribution in [0.5, 0.6) is 0 Å². The number of hydrogen-bond donors (Lipinski definition) is 2. The van der Waals surface area contributed by atoms with Crippen LogP contribution in [0.3, 0.4) is 0 Å². The molecule has 0 bridgehead atoms. The Labute approximate surface area is 110 Å². The highest BCUT2D eigenvalue weighted by Gasteiger charge is 2.11. The maximum absolute atomic E-state index is 13.1. The predicted molar refractivity (Wildman–Crippen MR) is 69.4 cm³/mol. The maximum atomic E-state index is 13.1. The van der Waals surface area contributed by atoms with Gasteiger partial charge in [-0.05, 0) is 19.4 Å². The number of hydrogen-bond acceptors (Lipinski definition) is 4. The Morgan fingerprint density at radius 1 is 1.47 bits per heavy atom. The number of anilines is 1. The standard InChI is InChI=1S/C12H16FN3O3/c1-3-8(2)14-7-12(17)15-10-4-9(13)5-11(6-10)16(18)19/h4-6,8,14H,3,7H2,1-2H3,(H,15,17). The van der Waals surface area contributed by atoms with Crippen molar-refractivity contribution in [2.75, 3.05) is 11.9 Å². The van der Waals surface area contributed by atoms with E-state index in [1.165, 1.54) is 0 Å². The van der Waals surface area contributed by atoms with Crippen LogP contribution in [0, 0.1) is 15.9 Å². The number of benzene rings is 1. The second kappa shape index (κ2) is 6.79. The number of non-ortho nitro benzene ring substituents is 1.